The molecule has 1 amide bonds. The van der Waals surface area contributed by atoms with Gasteiger partial charge in [-0.15, -0.1) is 0 Å². The molecule has 0 bridgehead atoms. The van der Waals surface area contributed by atoms with Crippen LogP contribution in [-0.2, 0) is 0 Å². The molecule has 0 radical (unpaired) electrons. The van der Waals surface area contributed by atoms with Crippen LogP contribution >= 0.6 is 0 Å². The van der Waals surface area contributed by atoms with Crippen molar-refractivity contribution >= 4 is 16.9 Å². The van der Waals surface area contributed by atoms with Crippen molar-refractivity contribution in [2.24, 2.45) is 0 Å². The number of carbonyl (C=O) groups excluding carboxylic acids is 1. The van der Waals surface area contributed by atoms with Crippen LogP contribution in [0.2, 0.25) is 0 Å². The van der Waals surface area contributed by atoms with E-state index < -0.39 is 0 Å². The summed E-state index contributed by atoms with van der Waals surface area (Å²) < 4.78 is 0. The SMILES string of the molecule is CCN(C(=O)c1cnc2ccccc2n1)C1CCCC1. The number of fused-ring (bicyclic) bond motifs is 1. The van der Waals surface area contributed by atoms with Gasteiger partial charge in [-0.3, -0.25) is 9.78 Å². The topological polar surface area (TPSA) is 46.1 Å². The van der Waals surface area contributed by atoms with Crippen LogP contribution in [0.4, 0.5) is 0 Å². The highest BCUT2D eigenvalue weighted by molar-refractivity contribution is 5.94. The Labute approximate surface area is 118 Å². The van der Waals surface area contributed by atoms with Gasteiger partial charge in [0, 0.05) is 12.6 Å². The lowest BCUT2D eigenvalue weighted by molar-refractivity contribution is 0.0687. The van der Waals surface area contributed by atoms with Gasteiger partial charge < -0.3 is 4.90 Å². The molecule has 4 nitrogen and oxygen atoms in total. The molecule has 0 aliphatic heterocycles. The van der Waals surface area contributed by atoms with Crippen molar-refractivity contribution in [2.45, 2.75) is 38.6 Å². The van der Waals surface area contributed by atoms with Crippen LogP contribution in [-0.4, -0.2) is 33.4 Å². The molecule has 0 N–H and O–H groups in total. The lowest BCUT2D eigenvalue weighted by atomic mass is 10.2. The summed E-state index contributed by atoms with van der Waals surface area (Å²) >= 11 is 0. The van der Waals surface area contributed by atoms with Crippen molar-refractivity contribution in [2.75, 3.05) is 6.54 Å². The number of benzene rings is 1. The first-order chi connectivity index (χ1) is 9.79. The number of rotatable bonds is 3. The van der Waals surface area contributed by atoms with Crippen LogP contribution in [0.5, 0.6) is 0 Å². The molecule has 1 heterocycles. The van der Waals surface area contributed by atoms with Crippen molar-refractivity contribution in [1.29, 1.82) is 0 Å². The van der Waals surface area contributed by atoms with E-state index in [0.29, 0.717) is 11.7 Å². The van der Waals surface area contributed by atoms with Crippen LogP contribution in [0, 0.1) is 0 Å². The van der Waals surface area contributed by atoms with Gasteiger partial charge in [0.25, 0.3) is 5.91 Å². The van der Waals surface area contributed by atoms with Gasteiger partial charge in [0.2, 0.25) is 0 Å². The molecular formula is C16H19N3O. The first kappa shape index (κ1) is 13.0. The van der Waals surface area contributed by atoms with Crippen molar-refractivity contribution in [3.8, 4) is 0 Å². The number of aromatic nitrogens is 2. The Kier molecular flexibility index (Phi) is 3.63. The molecule has 20 heavy (non-hydrogen) atoms. The molecule has 0 saturated heterocycles. The quantitative estimate of drug-likeness (QED) is 0.860. The third kappa shape index (κ3) is 2.38. The summed E-state index contributed by atoms with van der Waals surface area (Å²) in [5.74, 6) is 0.0117. The van der Waals surface area contributed by atoms with Crippen molar-refractivity contribution in [3.05, 3.63) is 36.2 Å². The Balaban J connectivity index is 1.90. The lowest BCUT2D eigenvalue weighted by Crippen LogP contribution is -2.39. The maximum atomic E-state index is 12.6. The summed E-state index contributed by atoms with van der Waals surface area (Å²) in [5, 5.41) is 0. The zero-order valence-corrected chi connectivity index (χ0v) is 11.7. The Bertz CT molecular complexity index is 620. The molecule has 1 aromatic carbocycles. The monoisotopic (exact) mass is 269 g/mol. The van der Waals surface area contributed by atoms with Crippen LogP contribution in [0.1, 0.15) is 43.1 Å². The molecule has 1 aliphatic rings. The normalized spacial score (nSPS) is 15.7. The van der Waals surface area contributed by atoms with E-state index in [4.69, 9.17) is 0 Å². The van der Waals surface area contributed by atoms with Crippen LogP contribution in [0.25, 0.3) is 11.0 Å². The number of para-hydroxylation sites is 2. The summed E-state index contributed by atoms with van der Waals surface area (Å²) in [5.41, 5.74) is 2.06. The van der Waals surface area contributed by atoms with E-state index in [2.05, 4.69) is 9.97 Å². The molecule has 1 aliphatic carbocycles. The number of hydrogen-bond acceptors (Lipinski definition) is 3. The first-order valence-corrected chi connectivity index (χ1v) is 7.32. The number of amides is 1. The number of hydrogen-bond donors (Lipinski definition) is 0. The Hall–Kier alpha value is -1.97. The van der Waals surface area contributed by atoms with E-state index >= 15 is 0 Å². The van der Waals surface area contributed by atoms with Gasteiger partial charge >= 0.3 is 0 Å². The molecule has 0 spiro atoms. The summed E-state index contributed by atoms with van der Waals surface area (Å²) in [4.78, 5) is 23.4. The maximum absolute atomic E-state index is 12.6. The Morgan fingerprint density at radius 3 is 2.65 bits per heavy atom. The highest BCUT2D eigenvalue weighted by atomic mass is 16.2. The van der Waals surface area contributed by atoms with E-state index in [1.165, 1.54) is 12.8 Å². The zero-order valence-electron chi connectivity index (χ0n) is 11.7. The maximum Gasteiger partial charge on any atom is 0.274 e. The highest BCUT2D eigenvalue weighted by Gasteiger charge is 2.27. The third-order valence-corrected chi connectivity index (χ3v) is 4.03. The second-order valence-corrected chi connectivity index (χ2v) is 5.27. The van der Waals surface area contributed by atoms with Gasteiger partial charge in [0.05, 0.1) is 17.2 Å². The molecule has 1 saturated carbocycles. The van der Waals surface area contributed by atoms with Gasteiger partial charge in [0.1, 0.15) is 5.69 Å². The van der Waals surface area contributed by atoms with E-state index in [1.807, 2.05) is 36.1 Å². The summed E-state index contributed by atoms with van der Waals surface area (Å²) in [6.07, 6.45) is 6.26. The first-order valence-electron chi connectivity index (χ1n) is 7.32. The standard InChI is InChI=1S/C16H19N3O/c1-2-19(12-7-3-4-8-12)16(20)15-11-17-13-9-5-6-10-14(13)18-15/h5-6,9-12H,2-4,7-8H2,1H3. The van der Waals surface area contributed by atoms with Crippen molar-refractivity contribution < 1.29 is 4.79 Å². The molecule has 3 rings (SSSR count). The summed E-state index contributed by atoms with van der Waals surface area (Å²) in [6, 6.07) is 8.02. The van der Waals surface area contributed by atoms with Gasteiger partial charge in [-0.05, 0) is 31.9 Å². The van der Waals surface area contributed by atoms with E-state index in [1.54, 1.807) is 6.20 Å². The second kappa shape index (κ2) is 5.57. The predicted octanol–water partition coefficient (Wildman–Crippen LogP) is 3.03. The van der Waals surface area contributed by atoms with Crippen molar-refractivity contribution in [3.63, 3.8) is 0 Å². The molecule has 2 aromatic rings. The fourth-order valence-electron chi connectivity index (χ4n) is 2.99. The molecule has 104 valence electrons. The van der Waals surface area contributed by atoms with Crippen LogP contribution < -0.4 is 0 Å². The largest absolute Gasteiger partial charge is 0.335 e. The second-order valence-electron chi connectivity index (χ2n) is 5.27. The van der Waals surface area contributed by atoms with E-state index in [0.717, 1.165) is 30.4 Å². The van der Waals surface area contributed by atoms with E-state index in [-0.39, 0.29) is 5.91 Å². The summed E-state index contributed by atoms with van der Waals surface area (Å²) in [6.45, 7) is 2.77. The minimum absolute atomic E-state index is 0.0117. The van der Waals surface area contributed by atoms with Gasteiger partial charge in [0.15, 0.2) is 0 Å². The molecule has 4 heteroatoms. The minimum Gasteiger partial charge on any atom is -0.335 e. The van der Waals surface area contributed by atoms with Crippen LogP contribution in [0.3, 0.4) is 0 Å². The highest BCUT2D eigenvalue weighted by Crippen LogP contribution is 2.24. The molecule has 0 atom stereocenters. The predicted molar refractivity (Wildman–Crippen MR) is 78.5 cm³/mol. The molecular weight excluding hydrogens is 250 g/mol. The minimum atomic E-state index is 0.0117. The molecule has 1 fully saturated rings. The van der Waals surface area contributed by atoms with Gasteiger partial charge in [-0.25, -0.2) is 4.98 Å². The Morgan fingerprint density at radius 2 is 1.95 bits per heavy atom. The smallest absolute Gasteiger partial charge is 0.274 e. The zero-order chi connectivity index (χ0) is 13.9. The average Bonchev–Trinajstić information content (AvgIpc) is 3.01. The molecule has 0 unspecified atom stereocenters. The fraction of sp³-hybridized carbons (Fsp3) is 0.438. The Morgan fingerprint density at radius 1 is 1.25 bits per heavy atom. The average molecular weight is 269 g/mol. The third-order valence-electron chi connectivity index (χ3n) is 4.03. The fourth-order valence-corrected chi connectivity index (χ4v) is 2.99. The number of nitrogens with zero attached hydrogens (tertiary/aromatic N) is 3. The van der Waals surface area contributed by atoms with E-state index in [9.17, 15) is 4.79 Å². The number of carbonyl (C=O) groups is 1. The van der Waals surface area contributed by atoms with Crippen LogP contribution in [0.15, 0.2) is 30.5 Å². The molecule has 1 aromatic heterocycles. The van der Waals surface area contributed by atoms with Gasteiger partial charge in [-0.1, -0.05) is 25.0 Å². The summed E-state index contributed by atoms with van der Waals surface area (Å²) in [7, 11) is 0. The van der Waals surface area contributed by atoms with Crippen molar-refractivity contribution in [1.82, 2.24) is 14.9 Å². The lowest BCUT2D eigenvalue weighted by Gasteiger charge is -2.27. The van der Waals surface area contributed by atoms with Gasteiger partial charge in [-0.2, -0.15) is 0 Å².